The van der Waals surface area contributed by atoms with Crippen molar-refractivity contribution < 1.29 is 14.2 Å². The number of pyridine rings is 1. The number of ether oxygens (including phenoxy) is 1. The lowest BCUT2D eigenvalue weighted by Crippen LogP contribution is -2.40. The van der Waals surface area contributed by atoms with Crippen LogP contribution in [0.5, 0.6) is 5.75 Å². The van der Waals surface area contributed by atoms with E-state index in [-0.39, 0.29) is 17.0 Å². The lowest BCUT2D eigenvalue weighted by atomic mass is 9.76. The predicted octanol–water partition coefficient (Wildman–Crippen LogP) is 3.80. The molecular weight excluding hydrogens is 355 g/mol. The lowest BCUT2D eigenvalue weighted by molar-refractivity contribution is 0.214. The zero-order valence-corrected chi connectivity index (χ0v) is 15.8. The topological polar surface area (TPSA) is 54.4 Å². The number of rotatable bonds is 8. The third kappa shape index (κ3) is 3.56. The molecule has 0 radical (unpaired) electrons. The number of halogens is 2. The predicted molar refractivity (Wildman–Crippen MR) is 101 cm³/mol. The van der Waals surface area contributed by atoms with Crippen molar-refractivity contribution in [1.82, 2.24) is 10.3 Å². The number of methoxy groups -OCH3 is 1. The third-order valence-corrected chi connectivity index (χ3v) is 5.48. The van der Waals surface area contributed by atoms with Crippen LogP contribution in [0.15, 0.2) is 30.3 Å². The van der Waals surface area contributed by atoms with Crippen LogP contribution in [0.1, 0.15) is 25.0 Å². The van der Waals surface area contributed by atoms with Crippen LogP contribution in [0, 0.1) is 11.7 Å². The van der Waals surface area contributed by atoms with Crippen LogP contribution in [0.4, 0.5) is 4.39 Å². The highest BCUT2D eigenvalue weighted by molar-refractivity contribution is 6.31. The standard InChI is InChI=1S/C20H24ClFN2O2/c1-23-12-20(9-10-25,14-4-5-14)18-8-7-17(26-2)19(24-18)13-3-6-16(22)15(21)11-13/h3,6-8,11,14,23,25H,4-5,9-10,12H2,1-2H3. The summed E-state index contributed by atoms with van der Waals surface area (Å²) in [6, 6.07) is 8.41. The summed E-state index contributed by atoms with van der Waals surface area (Å²) in [5, 5.41) is 13.0. The molecule has 1 fully saturated rings. The van der Waals surface area contributed by atoms with Crippen LogP contribution >= 0.6 is 11.6 Å². The number of aromatic nitrogens is 1. The molecule has 2 aromatic rings. The van der Waals surface area contributed by atoms with E-state index in [0.717, 1.165) is 25.1 Å². The second-order valence-corrected chi connectivity index (χ2v) is 7.22. The number of hydrogen-bond donors (Lipinski definition) is 2. The summed E-state index contributed by atoms with van der Waals surface area (Å²) >= 11 is 5.96. The number of aliphatic hydroxyl groups excluding tert-OH is 1. The quantitative estimate of drug-likeness (QED) is 0.733. The van der Waals surface area contributed by atoms with Crippen LogP contribution in [-0.4, -0.2) is 37.4 Å². The van der Waals surface area contributed by atoms with Crippen LogP contribution in [-0.2, 0) is 5.41 Å². The van der Waals surface area contributed by atoms with E-state index in [1.807, 2.05) is 19.2 Å². The minimum Gasteiger partial charge on any atom is -0.494 e. The van der Waals surface area contributed by atoms with E-state index < -0.39 is 5.82 Å². The van der Waals surface area contributed by atoms with Crippen LogP contribution in [0.3, 0.4) is 0 Å². The molecule has 0 spiro atoms. The molecule has 4 nitrogen and oxygen atoms in total. The molecule has 26 heavy (non-hydrogen) atoms. The Balaban J connectivity index is 2.12. The van der Waals surface area contributed by atoms with Crippen molar-refractivity contribution in [3.8, 4) is 17.0 Å². The summed E-state index contributed by atoms with van der Waals surface area (Å²) in [6.45, 7) is 0.838. The first-order valence-electron chi connectivity index (χ1n) is 8.82. The van der Waals surface area contributed by atoms with E-state index >= 15 is 0 Å². The molecule has 0 amide bonds. The molecule has 0 aliphatic heterocycles. The molecule has 3 rings (SSSR count). The summed E-state index contributed by atoms with van der Waals surface area (Å²) in [5.74, 6) is 0.635. The molecule has 1 atom stereocenters. The number of likely N-dealkylation sites (N-methyl/N-ethyl adjacent to an activating group) is 1. The van der Waals surface area contributed by atoms with Gasteiger partial charge in [0.25, 0.3) is 0 Å². The molecule has 1 aliphatic rings. The number of benzene rings is 1. The van der Waals surface area contributed by atoms with Crippen LogP contribution < -0.4 is 10.1 Å². The zero-order chi connectivity index (χ0) is 18.7. The second kappa shape index (κ2) is 7.91. The molecule has 1 aliphatic carbocycles. The largest absolute Gasteiger partial charge is 0.494 e. The Morgan fingerprint density at radius 1 is 1.35 bits per heavy atom. The molecule has 1 aromatic carbocycles. The van der Waals surface area contributed by atoms with Gasteiger partial charge in [0.1, 0.15) is 17.3 Å². The SMILES string of the molecule is CNCC(CCO)(c1ccc(OC)c(-c2ccc(F)c(Cl)c2)n1)C1CC1. The first-order valence-corrected chi connectivity index (χ1v) is 9.20. The van der Waals surface area contributed by atoms with Crippen molar-refractivity contribution in [3.05, 3.63) is 46.9 Å². The first-order chi connectivity index (χ1) is 12.6. The maximum Gasteiger partial charge on any atom is 0.145 e. The van der Waals surface area contributed by atoms with Crippen LogP contribution in [0.2, 0.25) is 5.02 Å². The van der Waals surface area contributed by atoms with Crippen molar-refractivity contribution in [2.24, 2.45) is 5.92 Å². The second-order valence-electron chi connectivity index (χ2n) is 6.81. The van der Waals surface area contributed by atoms with Gasteiger partial charge in [0.2, 0.25) is 0 Å². The lowest BCUT2D eigenvalue weighted by Gasteiger charge is -2.33. The Labute approximate surface area is 158 Å². The smallest absolute Gasteiger partial charge is 0.145 e. The summed E-state index contributed by atoms with van der Waals surface area (Å²) in [4.78, 5) is 4.90. The van der Waals surface area contributed by atoms with E-state index in [1.54, 1.807) is 19.2 Å². The molecule has 0 saturated heterocycles. The first kappa shape index (κ1) is 19.1. The molecule has 1 aromatic heterocycles. The van der Waals surface area contributed by atoms with E-state index in [2.05, 4.69) is 5.32 Å². The van der Waals surface area contributed by atoms with Crippen molar-refractivity contribution in [1.29, 1.82) is 0 Å². The number of nitrogens with one attached hydrogen (secondary N) is 1. The molecule has 0 bridgehead atoms. The maximum atomic E-state index is 13.6. The molecular formula is C20H24ClFN2O2. The molecule has 2 N–H and O–H groups in total. The van der Waals surface area contributed by atoms with Gasteiger partial charge in [-0.15, -0.1) is 0 Å². The zero-order valence-electron chi connectivity index (χ0n) is 15.1. The van der Waals surface area contributed by atoms with E-state index in [1.165, 1.54) is 6.07 Å². The Morgan fingerprint density at radius 2 is 2.12 bits per heavy atom. The van der Waals surface area contributed by atoms with Gasteiger partial charge >= 0.3 is 0 Å². The van der Waals surface area contributed by atoms with Gasteiger partial charge in [0.15, 0.2) is 0 Å². The van der Waals surface area contributed by atoms with Crippen molar-refractivity contribution in [3.63, 3.8) is 0 Å². The number of hydrogen-bond acceptors (Lipinski definition) is 4. The van der Waals surface area contributed by atoms with Gasteiger partial charge in [-0.25, -0.2) is 9.37 Å². The molecule has 140 valence electrons. The van der Waals surface area contributed by atoms with E-state index in [4.69, 9.17) is 21.3 Å². The Kier molecular flexibility index (Phi) is 5.80. The highest BCUT2D eigenvalue weighted by atomic mass is 35.5. The van der Waals surface area contributed by atoms with Crippen molar-refractivity contribution in [2.75, 3.05) is 27.3 Å². The fourth-order valence-corrected chi connectivity index (χ4v) is 3.93. The molecule has 1 heterocycles. The Hall–Kier alpha value is -1.69. The number of aliphatic hydroxyl groups is 1. The van der Waals surface area contributed by atoms with Gasteiger partial charge in [-0.3, -0.25) is 0 Å². The monoisotopic (exact) mass is 378 g/mol. The fraction of sp³-hybridized carbons (Fsp3) is 0.450. The van der Waals surface area contributed by atoms with Gasteiger partial charge in [0, 0.05) is 29.8 Å². The average molecular weight is 379 g/mol. The van der Waals surface area contributed by atoms with Gasteiger partial charge in [-0.1, -0.05) is 11.6 Å². The Morgan fingerprint density at radius 3 is 2.69 bits per heavy atom. The van der Waals surface area contributed by atoms with Crippen molar-refractivity contribution >= 4 is 11.6 Å². The molecule has 6 heteroatoms. The Bertz CT molecular complexity index is 774. The van der Waals surface area contributed by atoms with Gasteiger partial charge in [-0.05, 0) is 62.6 Å². The maximum absolute atomic E-state index is 13.6. The minimum absolute atomic E-state index is 0.0517. The average Bonchev–Trinajstić information content (AvgIpc) is 3.49. The molecule has 1 unspecified atom stereocenters. The van der Waals surface area contributed by atoms with E-state index in [9.17, 15) is 9.50 Å². The normalized spacial score (nSPS) is 16.3. The van der Waals surface area contributed by atoms with E-state index in [0.29, 0.717) is 29.3 Å². The van der Waals surface area contributed by atoms with Gasteiger partial charge in [0.05, 0.1) is 12.1 Å². The number of nitrogens with zero attached hydrogens (tertiary/aromatic N) is 1. The van der Waals surface area contributed by atoms with Crippen LogP contribution in [0.25, 0.3) is 11.3 Å². The highest BCUT2D eigenvalue weighted by Crippen LogP contribution is 2.49. The summed E-state index contributed by atoms with van der Waals surface area (Å²) in [5.41, 5.74) is 2.02. The van der Waals surface area contributed by atoms with Crippen molar-refractivity contribution in [2.45, 2.75) is 24.7 Å². The van der Waals surface area contributed by atoms with Gasteiger partial charge < -0.3 is 15.2 Å². The third-order valence-electron chi connectivity index (χ3n) is 5.19. The minimum atomic E-state index is -0.465. The summed E-state index contributed by atoms with van der Waals surface area (Å²) < 4.78 is 19.0. The molecule has 1 saturated carbocycles. The highest BCUT2D eigenvalue weighted by Gasteiger charge is 2.46. The fourth-order valence-electron chi connectivity index (χ4n) is 3.75. The van der Waals surface area contributed by atoms with Gasteiger partial charge in [-0.2, -0.15) is 0 Å². The summed E-state index contributed by atoms with van der Waals surface area (Å²) in [6.07, 6.45) is 2.90. The summed E-state index contributed by atoms with van der Waals surface area (Å²) in [7, 11) is 3.50.